The lowest BCUT2D eigenvalue weighted by atomic mass is 10.2. The number of hydrogen-bond donors (Lipinski definition) is 0. The molecule has 0 N–H and O–H groups in total. The topological polar surface area (TPSA) is 15.7 Å². The summed E-state index contributed by atoms with van der Waals surface area (Å²) < 4.78 is 5.16. The first-order valence-corrected chi connectivity index (χ1v) is 4.33. The predicted octanol–water partition coefficient (Wildman–Crippen LogP) is 0.184. The van der Waals surface area contributed by atoms with Gasteiger partial charge in [0.2, 0.25) is 0 Å². The minimum atomic E-state index is 0.671. The first-order valence-electron chi connectivity index (χ1n) is 4.33. The Morgan fingerprint density at radius 3 is 2.36 bits per heavy atom. The molecule has 0 aromatic heterocycles. The molecule has 2 fully saturated rings. The van der Waals surface area contributed by atoms with Crippen LogP contribution in [-0.2, 0) is 4.74 Å². The van der Waals surface area contributed by atoms with E-state index >= 15 is 0 Å². The van der Waals surface area contributed by atoms with Gasteiger partial charge in [-0.3, -0.25) is 0 Å². The highest BCUT2D eigenvalue weighted by Gasteiger charge is 2.34. The third-order valence-electron chi connectivity index (χ3n) is 2.56. The highest BCUT2D eigenvalue weighted by atomic mass is 16.5. The molecule has 2 rings (SSSR count). The van der Waals surface area contributed by atoms with Gasteiger partial charge in [0.1, 0.15) is 0 Å². The Bertz CT molecular complexity index is 145. The smallest absolute Gasteiger partial charge is 0.0713 e. The van der Waals surface area contributed by atoms with Gasteiger partial charge in [0.05, 0.1) is 19.3 Å². The third-order valence-corrected chi connectivity index (χ3v) is 2.56. The van der Waals surface area contributed by atoms with Gasteiger partial charge < -0.3 is 4.74 Å². The van der Waals surface area contributed by atoms with Crippen LogP contribution in [0.3, 0.4) is 0 Å². The molecule has 64 valence electrons. The molecule has 2 saturated heterocycles. The van der Waals surface area contributed by atoms with Crippen molar-refractivity contribution >= 4 is 0 Å². The van der Waals surface area contributed by atoms with Crippen LogP contribution in [-0.4, -0.2) is 49.4 Å². The Morgan fingerprint density at radius 2 is 2.00 bits per heavy atom. The molecule has 0 spiro atoms. The Morgan fingerprint density at radius 1 is 1.27 bits per heavy atom. The van der Waals surface area contributed by atoms with Crippen LogP contribution in [0.15, 0.2) is 0 Å². The molecule has 0 aliphatic carbocycles. The van der Waals surface area contributed by atoms with E-state index < -0.39 is 0 Å². The summed E-state index contributed by atoms with van der Waals surface area (Å²) in [7, 11) is 2.17. The summed E-state index contributed by atoms with van der Waals surface area (Å²) in [5, 5.41) is 4.77. The Kier molecular flexibility index (Phi) is 1.87. The number of hydrazine groups is 1. The second-order valence-corrected chi connectivity index (χ2v) is 3.76. The molecule has 0 bridgehead atoms. The zero-order valence-electron chi connectivity index (χ0n) is 7.29. The van der Waals surface area contributed by atoms with Gasteiger partial charge in [-0.25, -0.2) is 10.0 Å². The first kappa shape index (κ1) is 7.53. The lowest BCUT2D eigenvalue weighted by molar-refractivity contribution is -0.122. The van der Waals surface area contributed by atoms with Gasteiger partial charge in [-0.1, -0.05) is 6.92 Å². The van der Waals surface area contributed by atoms with Gasteiger partial charge in [-0.05, 0) is 5.92 Å². The van der Waals surface area contributed by atoms with Crippen molar-refractivity contribution in [2.24, 2.45) is 5.92 Å². The Labute approximate surface area is 67.9 Å². The first-order chi connectivity index (χ1) is 5.27. The Hall–Kier alpha value is -0.120. The van der Waals surface area contributed by atoms with Crippen LogP contribution in [0.2, 0.25) is 0 Å². The number of nitrogens with zero attached hydrogens (tertiary/aromatic N) is 2. The van der Waals surface area contributed by atoms with Crippen molar-refractivity contribution in [1.82, 2.24) is 10.0 Å². The number of hydrogen-bond acceptors (Lipinski definition) is 3. The van der Waals surface area contributed by atoms with Crippen molar-refractivity contribution in [3.63, 3.8) is 0 Å². The monoisotopic (exact) mass is 156 g/mol. The molecule has 2 aliphatic rings. The summed E-state index contributed by atoms with van der Waals surface area (Å²) in [6.45, 7) is 6.57. The SMILES string of the molecule is CC1CN(C)N(C2COC2)C1. The van der Waals surface area contributed by atoms with E-state index in [9.17, 15) is 0 Å². The lowest BCUT2D eigenvalue weighted by Crippen LogP contribution is -2.52. The van der Waals surface area contributed by atoms with Crippen LogP contribution in [0.1, 0.15) is 6.92 Å². The van der Waals surface area contributed by atoms with Crippen molar-refractivity contribution in [1.29, 1.82) is 0 Å². The summed E-state index contributed by atoms with van der Waals surface area (Å²) in [5.41, 5.74) is 0. The maximum Gasteiger partial charge on any atom is 0.0713 e. The molecule has 3 heteroatoms. The molecule has 0 saturated carbocycles. The summed E-state index contributed by atoms with van der Waals surface area (Å²) in [6.07, 6.45) is 0. The van der Waals surface area contributed by atoms with E-state index in [0.29, 0.717) is 6.04 Å². The Balaban J connectivity index is 1.92. The molecule has 0 amide bonds. The van der Waals surface area contributed by atoms with Crippen molar-refractivity contribution in [3.8, 4) is 0 Å². The largest absolute Gasteiger partial charge is 0.378 e. The van der Waals surface area contributed by atoms with Gasteiger partial charge in [0.15, 0.2) is 0 Å². The molecule has 2 aliphatic heterocycles. The van der Waals surface area contributed by atoms with Gasteiger partial charge in [-0.15, -0.1) is 0 Å². The average Bonchev–Trinajstić information content (AvgIpc) is 2.07. The molecule has 0 aromatic carbocycles. The van der Waals surface area contributed by atoms with Gasteiger partial charge in [-0.2, -0.15) is 0 Å². The van der Waals surface area contributed by atoms with E-state index in [2.05, 4.69) is 24.0 Å². The minimum Gasteiger partial charge on any atom is -0.378 e. The standard InChI is InChI=1S/C8H16N2O/c1-7-3-9(2)10(4-7)8-5-11-6-8/h7-8H,3-6H2,1-2H3. The highest BCUT2D eigenvalue weighted by molar-refractivity contribution is 4.81. The van der Waals surface area contributed by atoms with Crippen molar-refractivity contribution in [3.05, 3.63) is 0 Å². The molecule has 1 unspecified atom stereocenters. The van der Waals surface area contributed by atoms with Gasteiger partial charge in [0.25, 0.3) is 0 Å². The second kappa shape index (κ2) is 2.73. The molecule has 0 aromatic rings. The van der Waals surface area contributed by atoms with E-state index in [4.69, 9.17) is 4.74 Å². The van der Waals surface area contributed by atoms with Crippen LogP contribution in [0.25, 0.3) is 0 Å². The van der Waals surface area contributed by atoms with Gasteiger partial charge >= 0.3 is 0 Å². The molecule has 11 heavy (non-hydrogen) atoms. The summed E-state index contributed by atoms with van der Waals surface area (Å²) in [4.78, 5) is 0. The maximum absolute atomic E-state index is 5.16. The molecule has 0 radical (unpaired) electrons. The highest BCUT2D eigenvalue weighted by Crippen LogP contribution is 2.20. The van der Waals surface area contributed by atoms with E-state index in [1.165, 1.54) is 13.1 Å². The normalized spacial score (nSPS) is 36.0. The van der Waals surface area contributed by atoms with E-state index in [1.54, 1.807) is 0 Å². The summed E-state index contributed by atoms with van der Waals surface area (Å²) >= 11 is 0. The van der Waals surface area contributed by atoms with Crippen molar-refractivity contribution in [2.75, 3.05) is 33.4 Å². The summed E-state index contributed by atoms with van der Waals surface area (Å²) in [5.74, 6) is 0.820. The minimum absolute atomic E-state index is 0.671. The average molecular weight is 156 g/mol. The number of rotatable bonds is 1. The van der Waals surface area contributed by atoms with Crippen LogP contribution in [0, 0.1) is 5.92 Å². The second-order valence-electron chi connectivity index (χ2n) is 3.76. The van der Waals surface area contributed by atoms with Crippen molar-refractivity contribution in [2.45, 2.75) is 13.0 Å². The molecule has 1 atom stereocenters. The molecule has 3 nitrogen and oxygen atoms in total. The van der Waals surface area contributed by atoms with E-state index in [0.717, 1.165) is 19.1 Å². The van der Waals surface area contributed by atoms with E-state index in [-0.39, 0.29) is 0 Å². The van der Waals surface area contributed by atoms with Crippen LogP contribution >= 0.6 is 0 Å². The predicted molar refractivity (Wildman–Crippen MR) is 43.1 cm³/mol. The van der Waals surface area contributed by atoms with Crippen LogP contribution < -0.4 is 0 Å². The van der Waals surface area contributed by atoms with Crippen LogP contribution in [0.4, 0.5) is 0 Å². The fraction of sp³-hybridized carbons (Fsp3) is 1.00. The lowest BCUT2D eigenvalue weighted by Gasteiger charge is -2.38. The summed E-state index contributed by atoms with van der Waals surface area (Å²) in [6, 6.07) is 0.671. The van der Waals surface area contributed by atoms with E-state index in [1.807, 2.05) is 0 Å². The van der Waals surface area contributed by atoms with Crippen molar-refractivity contribution < 1.29 is 4.74 Å². The number of ether oxygens (including phenoxy) is 1. The molecular weight excluding hydrogens is 140 g/mol. The fourth-order valence-corrected chi connectivity index (χ4v) is 1.90. The quantitative estimate of drug-likeness (QED) is 0.539. The van der Waals surface area contributed by atoms with Crippen LogP contribution in [0.5, 0.6) is 0 Å². The molecular formula is C8H16N2O. The fourth-order valence-electron chi connectivity index (χ4n) is 1.90. The third kappa shape index (κ3) is 1.28. The zero-order valence-corrected chi connectivity index (χ0v) is 7.29. The molecule has 2 heterocycles. The zero-order chi connectivity index (χ0) is 7.84. The van der Waals surface area contributed by atoms with Gasteiger partial charge in [0, 0.05) is 20.1 Å². The maximum atomic E-state index is 5.16.